The normalized spacial score (nSPS) is 20.1. The summed E-state index contributed by atoms with van der Waals surface area (Å²) in [5.41, 5.74) is -1.00. The van der Waals surface area contributed by atoms with E-state index in [2.05, 4.69) is 15.9 Å². The number of halogens is 4. The van der Waals surface area contributed by atoms with Crippen LogP contribution in [0.4, 0.5) is 23.7 Å². The van der Waals surface area contributed by atoms with E-state index in [4.69, 9.17) is 4.74 Å². The Kier molecular flexibility index (Phi) is 3.52. The molecule has 1 aromatic rings. The Hall–Kier alpha value is -1.24. The molecule has 0 aliphatic carbocycles. The number of amides is 1. The van der Waals surface area contributed by atoms with E-state index in [0.29, 0.717) is 5.33 Å². The minimum Gasteiger partial charge on any atom is -0.443 e. The first kappa shape index (κ1) is 13.2. The lowest BCUT2D eigenvalue weighted by molar-refractivity contribution is -0.137. The number of nitrogens with zero attached hydrogens (tertiary/aromatic N) is 1. The Morgan fingerprint density at radius 3 is 2.61 bits per heavy atom. The summed E-state index contributed by atoms with van der Waals surface area (Å²) in [6, 6.07) is 4.96. The summed E-state index contributed by atoms with van der Waals surface area (Å²) in [5, 5.41) is 0.392. The van der Waals surface area contributed by atoms with Crippen LogP contribution in [0.25, 0.3) is 0 Å². The number of ether oxygens (including phenoxy) is 1. The fourth-order valence-electron chi connectivity index (χ4n) is 1.75. The van der Waals surface area contributed by atoms with Gasteiger partial charge >= 0.3 is 12.3 Å². The zero-order valence-corrected chi connectivity index (χ0v) is 10.7. The van der Waals surface area contributed by atoms with Crippen molar-refractivity contribution in [2.24, 2.45) is 0 Å². The summed E-state index contributed by atoms with van der Waals surface area (Å²) < 4.78 is 43.4. The van der Waals surface area contributed by atoms with Gasteiger partial charge in [0, 0.05) is 5.33 Å². The number of benzene rings is 1. The van der Waals surface area contributed by atoms with E-state index in [-0.39, 0.29) is 12.2 Å². The molecule has 18 heavy (non-hydrogen) atoms. The molecule has 1 fully saturated rings. The molecule has 1 saturated heterocycles. The molecule has 0 bridgehead atoms. The van der Waals surface area contributed by atoms with Gasteiger partial charge < -0.3 is 4.74 Å². The standard InChI is InChI=1S/C11H9BrF3NO2/c12-5-7-6-16(10(17)18-7)9-4-2-1-3-8(9)11(13,14)15/h1-4,7H,5-6H2. The first-order chi connectivity index (χ1) is 8.43. The second kappa shape index (κ2) is 4.79. The molecule has 0 N–H and O–H groups in total. The third-order valence-corrected chi connectivity index (χ3v) is 3.27. The molecule has 0 radical (unpaired) electrons. The smallest absolute Gasteiger partial charge is 0.418 e. The maximum atomic E-state index is 12.8. The molecule has 1 aliphatic rings. The van der Waals surface area contributed by atoms with Crippen LogP contribution in [0.3, 0.4) is 0 Å². The van der Waals surface area contributed by atoms with E-state index < -0.39 is 23.9 Å². The van der Waals surface area contributed by atoms with Gasteiger partial charge in [-0.1, -0.05) is 28.1 Å². The van der Waals surface area contributed by atoms with E-state index >= 15 is 0 Å². The van der Waals surface area contributed by atoms with Crippen LogP contribution < -0.4 is 4.90 Å². The average Bonchev–Trinajstić information content (AvgIpc) is 2.69. The van der Waals surface area contributed by atoms with Crippen molar-refractivity contribution in [3.8, 4) is 0 Å². The topological polar surface area (TPSA) is 29.5 Å². The minimum absolute atomic E-state index is 0.108. The maximum absolute atomic E-state index is 12.8. The number of hydrogen-bond donors (Lipinski definition) is 0. The number of carbonyl (C=O) groups excluding carboxylic acids is 1. The third-order valence-electron chi connectivity index (χ3n) is 2.55. The van der Waals surface area contributed by atoms with Crippen molar-refractivity contribution in [2.45, 2.75) is 12.3 Å². The Morgan fingerprint density at radius 1 is 1.39 bits per heavy atom. The Bertz CT molecular complexity index is 464. The van der Waals surface area contributed by atoms with Crippen LogP contribution in [0, 0.1) is 0 Å². The molecule has 1 amide bonds. The molecule has 0 spiro atoms. The van der Waals surface area contributed by atoms with Gasteiger partial charge in [0.1, 0.15) is 6.10 Å². The van der Waals surface area contributed by atoms with Crippen molar-refractivity contribution in [1.82, 2.24) is 0 Å². The number of para-hydroxylation sites is 1. The second-order valence-electron chi connectivity index (χ2n) is 3.79. The van der Waals surface area contributed by atoms with E-state index in [0.717, 1.165) is 11.0 Å². The van der Waals surface area contributed by atoms with Gasteiger partial charge in [0.25, 0.3) is 0 Å². The summed E-state index contributed by atoms with van der Waals surface area (Å²) in [6.07, 6.45) is -5.68. The molecule has 0 saturated carbocycles. The van der Waals surface area contributed by atoms with Crippen LogP contribution in [0.1, 0.15) is 5.56 Å². The molecule has 0 aromatic heterocycles. The number of hydrogen-bond acceptors (Lipinski definition) is 2. The summed E-state index contributed by atoms with van der Waals surface area (Å²) in [6.45, 7) is 0.108. The minimum atomic E-state index is -4.50. The molecule has 1 atom stereocenters. The summed E-state index contributed by atoms with van der Waals surface area (Å²) in [4.78, 5) is 12.5. The quantitative estimate of drug-likeness (QED) is 0.780. The van der Waals surface area contributed by atoms with Crippen LogP contribution in [0.15, 0.2) is 24.3 Å². The van der Waals surface area contributed by atoms with Crippen LogP contribution >= 0.6 is 15.9 Å². The summed E-state index contributed by atoms with van der Waals surface area (Å²) in [5.74, 6) is 0. The van der Waals surface area contributed by atoms with E-state index in [1.54, 1.807) is 0 Å². The van der Waals surface area contributed by atoms with E-state index in [9.17, 15) is 18.0 Å². The van der Waals surface area contributed by atoms with Crippen LogP contribution in [-0.2, 0) is 10.9 Å². The lowest BCUT2D eigenvalue weighted by Crippen LogP contribution is -2.27. The zero-order chi connectivity index (χ0) is 13.3. The molecule has 2 rings (SSSR count). The van der Waals surface area contributed by atoms with Crippen LogP contribution in [-0.4, -0.2) is 24.1 Å². The van der Waals surface area contributed by atoms with Crippen molar-refractivity contribution in [2.75, 3.05) is 16.8 Å². The fourth-order valence-corrected chi connectivity index (χ4v) is 2.08. The lowest BCUT2D eigenvalue weighted by Gasteiger charge is -2.18. The summed E-state index contributed by atoms with van der Waals surface area (Å²) in [7, 11) is 0. The Balaban J connectivity index is 2.37. The first-order valence-electron chi connectivity index (χ1n) is 5.14. The van der Waals surface area contributed by atoms with Gasteiger partial charge in [0.15, 0.2) is 0 Å². The highest BCUT2D eigenvalue weighted by Gasteiger charge is 2.39. The average molecular weight is 324 g/mol. The van der Waals surface area contributed by atoms with Crippen molar-refractivity contribution < 1.29 is 22.7 Å². The molecule has 7 heteroatoms. The van der Waals surface area contributed by atoms with Gasteiger partial charge in [0.05, 0.1) is 17.8 Å². The summed E-state index contributed by atoms with van der Waals surface area (Å²) >= 11 is 3.14. The molecule has 1 heterocycles. The first-order valence-corrected chi connectivity index (χ1v) is 6.26. The fraction of sp³-hybridized carbons (Fsp3) is 0.364. The van der Waals surface area contributed by atoms with Crippen molar-refractivity contribution >= 4 is 27.7 Å². The van der Waals surface area contributed by atoms with Gasteiger partial charge in [-0.3, -0.25) is 4.90 Å². The van der Waals surface area contributed by atoms with Gasteiger partial charge in [-0.2, -0.15) is 13.2 Å². The number of alkyl halides is 4. The molecular formula is C11H9BrF3NO2. The largest absolute Gasteiger partial charge is 0.443 e. The van der Waals surface area contributed by atoms with Crippen molar-refractivity contribution in [1.29, 1.82) is 0 Å². The third kappa shape index (κ3) is 2.45. The monoisotopic (exact) mass is 323 g/mol. The van der Waals surface area contributed by atoms with Crippen LogP contribution in [0.5, 0.6) is 0 Å². The highest BCUT2D eigenvalue weighted by molar-refractivity contribution is 9.09. The second-order valence-corrected chi connectivity index (χ2v) is 4.43. The lowest BCUT2D eigenvalue weighted by atomic mass is 10.1. The molecular weight excluding hydrogens is 315 g/mol. The number of anilines is 1. The highest BCUT2D eigenvalue weighted by atomic mass is 79.9. The van der Waals surface area contributed by atoms with E-state index in [1.807, 2.05) is 0 Å². The molecule has 1 aromatic carbocycles. The van der Waals surface area contributed by atoms with Gasteiger partial charge in [-0.25, -0.2) is 4.79 Å². The van der Waals surface area contributed by atoms with Gasteiger partial charge in [-0.05, 0) is 12.1 Å². The molecule has 98 valence electrons. The van der Waals surface area contributed by atoms with Gasteiger partial charge in [-0.15, -0.1) is 0 Å². The van der Waals surface area contributed by atoms with Gasteiger partial charge in [0.2, 0.25) is 0 Å². The highest BCUT2D eigenvalue weighted by Crippen LogP contribution is 2.37. The predicted octanol–water partition coefficient (Wildman–Crippen LogP) is 3.43. The number of carbonyl (C=O) groups is 1. The van der Waals surface area contributed by atoms with Crippen molar-refractivity contribution in [3.63, 3.8) is 0 Å². The molecule has 1 unspecified atom stereocenters. The van der Waals surface area contributed by atoms with Crippen LogP contribution in [0.2, 0.25) is 0 Å². The Morgan fingerprint density at radius 2 is 2.06 bits per heavy atom. The molecule has 3 nitrogen and oxygen atoms in total. The number of rotatable bonds is 2. The Labute approximate surface area is 110 Å². The SMILES string of the molecule is O=C1OC(CBr)CN1c1ccccc1C(F)(F)F. The zero-order valence-electron chi connectivity index (χ0n) is 9.08. The van der Waals surface area contributed by atoms with Crippen molar-refractivity contribution in [3.05, 3.63) is 29.8 Å². The predicted molar refractivity (Wildman–Crippen MR) is 62.9 cm³/mol. The molecule has 1 aliphatic heterocycles. The van der Waals surface area contributed by atoms with E-state index in [1.165, 1.54) is 18.2 Å². The maximum Gasteiger partial charge on any atom is 0.418 e. The number of cyclic esters (lactones) is 1.